The third-order valence-corrected chi connectivity index (χ3v) is 3.17. The normalized spacial score (nSPS) is 12.4. The van der Waals surface area contributed by atoms with Gasteiger partial charge in [-0.3, -0.25) is 16.3 Å². The highest BCUT2D eigenvalue weighted by Crippen LogP contribution is 2.23. The molecule has 0 aliphatic rings. The Balaban J connectivity index is 2.22. The monoisotopic (exact) mass is 250 g/mol. The third-order valence-electron chi connectivity index (χ3n) is 2.44. The number of nitrogens with two attached hydrogens (primary N) is 1. The van der Waals surface area contributed by atoms with Gasteiger partial charge in [-0.05, 0) is 28.8 Å². The van der Waals surface area contributed by atoms with Crippen LogP contribution >= 0.6 is 11.3 Å². The summed E-state index contributed by atoms with van der Waals surface area (Å²) in [4.78, 5) is 8.39. The van der Waals surface area contributed by atoms with Crippen molar-refractivity contribution >= 4 is 11.3 Å². The molecular formula is C11H14N4OS. The number of hydrazine groups is 1. The molecule has 3 N–H and O–H groups in total. The molecule has 0 spiro atoms. The van der Waals surface area contributed by atoms with Crippen molar-refractivity contribution in [3.05, 3.63) is 40.5 Å². The maximum atomic E-state index is 5.58. The minimum absolute atomic E-state index is 0.103. The van der Waals surface area contributed by atoms with Gasteiger partial charge in [0.1, 0.15) is 5.69 Å². The van der Waals surface area contributed by atoms with Crippen LogP contribution in [0.25, 0.3) is 0 Å². The fourth-order valence-corrected chi connectivity index (χ4v) is 2.29. The van der Waals surface area contributed by atoms with E-state index in [2.05, 4.69) is 26.8 Å². The Morgan fingerprint density at radius 1 is 1.47 bits per heavy atom. The van der Waals surface area contributed by atoms with Crippen LogP contribution in [0, 0.1) is 0 Å². The summed E-state index contributed by atoms with van der Waals surface area (Å²) in [5.41, 5.74) is 4.69. The highest BCUT2D eigenvalue weighted by Gasteiger charge is 2.17. The molecule has 0 amide bonds. The second-order valence-corrected chi connectivity index (χ2v) is 4.29. The Morgan fingerprint density at radius 3 is 2.94 bits per heavy atom. The van der Waals surface area contributed by atoms with Gasteiger partial charge in [0, 0.05) is 12.4 Å². The second-order valence-electron chi connectivity index (χ2n) is 3.51. The lowest BCUT2D eigenvalue weighted by Gasteiger charge is -2.16. The SMILES string of the molecule is COc1nccnc1C(Cc1ccsc1)NN. The number of rotatable bonds is 5. The number of ether oxygens (including phenoxy) is 1. The minimum atomic E-state index is -0.103. The molecule has 0 saturated carbocycles. The van der Waals surface area contributed by atoms with Crippen molar-refractivity contribution < 1.29 is 4.74 Å². The van der Waals surface area contributed by atoms with E-state index in [1.54, 1.807) is 30.8 Å². The zero-order chi connectivity index (χ0) is 12.1. The molecule has 0 fully saturated rings. The van der Waals surface area contributed by atoms with Crippen molar-refractivity contribution in [1.82, 2.24) is 15.4 Å². The first kappa shape index (κ1) is 12.0. The average molecular weight is 250 g/mol. The smallest absolute Gasteiger partial charge is 0.237 e. The van der Waals surface area contributed by atoms with Crippen molar-refractivity contribution in [3.63, 3.8) is 0 Å². The van der Waals surface area contributed by atoms with Crippen molar-refractivity contribution in [1.29, 1.82) is 0 Å². The standard InChI is InChI=1S/C11H14N4OS/c1-16-11-10(13-3-4-14-11)9(15-12)6-8-2-5-17-7-8/h2-5,7,9,15H,6,12H2,1H3. The number of thiophene rings is 1. The van der Waals surface area contributed by atoms with Crippen molar-refractivity contribution in [2.24, 2.45) is 5.84 Å². The van der Waals surface area contributed by atoms with Gasteiger partial charge < -0.3 is 4.74 Å². The van der Waals surface area contributed by atoms with E-state index in [-0.39, 0.29) is 6.04 Å². The Bertz CT molecular complexity index is 460. The summed E-state index contributed by atoms with van der Waals surface area (Å²) < 4.78 is 5.18. The molecule has 6 heteroatoms. The van der Waals surface area contributed by atoms with Crippen LogP contribution in [0.4, 0.5) is 0 Å². The molecule has 0 aromatic carbocycles. The van der Waals surface area contributed by atoms with E-state index in [1.165, 1.54) is 5.56 Å². The van der Waals surface area contributed by atoms with Crippen LogP contribution in [0.15, 0.2) is 29.2 Å². The number of nitrogens with zero attached hydrogens (tertiary/aromatic N) is 2. The van der Waals surface area contributed by atoms with Crippen molar-refractivity contribution in [2.75, 3.05) is 7.11 Å². The van der Waals surface area contributed by atoms with Gasteiger partial charge in [-0.15, -0.1) is 0 Å². The summed E-state index contributed by atoms with van der Waals surface area (Å²) >= 11 is 1.66. The molecule has 0 aliphatic carbocycles. The van der Waals surface area contributed by atoms with E-state index in [0.717, 1.165) is 12.1 Å². The summed E-state index contributed by atoms with van der Waals surface area (Å²) in [6, 6.07) is 1.96. The van der Waals surface area contributed by atoms with E-state index in [9.17, 15) is 0 Å². The Morgan fingerprint density at radius 2 is 2.29 bits per heavy atom. The Hall–Kier alpha value is -1.50. The summed E-state index contributed by atoms with van der Waals surface area (Å²) in [6.45, 7) is 0. The second kappa shape index (κ2) is 5.72. The predicted octanol–water partition coefficient (Wildman–Crippen LogP) is 1.29. The van der Waals surface area contributed by atoms with Gasteiger partial charge in [0.25, 0.3) is 0 Å². The molecule has 0 aliphatic heterocycles. The fourth-order valence-electron chi connectivity index (χ4n) is 1.61. The van der Waals surface area contributed by atoms with E-state index in [4.69, 9.17) is 10.6 Å². The third kappa shape index (κ3) is 2.79. The Labute approximate surface area is 104 Å². The molecule has 0 radical (unpaired) electrons. The van der Waals surface area contributed by atoms with Crippen LogP contribution < -0.4 is 16.0 Å². The van der Waals surface area contributed by atoms with Gasteiger partial charge in [0.15, 0.2) is 0 Å². The molecule has 5 nitrogen and oxygen atoms in total. The molecule has 1 atom stereocenters. The molecule has 0 saturated heterocycles. The van der Waals surface area contributed by atoms with Crippen LogP contribution in [0.1, 0.15) is 17.3 Å². The zero-order valence-corrected chi connectivity index (χ0v) is 10.3. The van der Waals surface area contributed by atoms with Crippen LogP contribution in [-0.4, -0.2) is 17.1 Å². The molecule has 2 aromatic heterocycles. The van der Waals surface area contributed by atoms with Gasteiger partial charge in [0.2, 0.25) is 5.88 Å². The molecule has 90 valence electrons. The van der Waals surface area contributed by atoms with Gasteiger partial charge >= 0.3 is 0 Å². The van der Waals surface area contributed by atoms with E-state index in [1.807, 2.05) is 5.38 Å². The highest BCUT2D eigenvalue weighted by molar-refractivity contribution is 7.07. The van der Waals surface area contributed by atoms with Gasteiger partial charge in [-0.1, -0.05) is 0 Å². The summed E-state index contributed by atoms with van der Waals surface area (Å²) in [5.74, 6) is 6.08. The predicted molar refractivity (Wildman–Crippen MR) is 66.7 cm³/mol. The fraction of sp³-hybridized carbons (Fsp3) is 0.273. The molecule has 17 heavy (non-hydrogen) atoms. The van der Waals surface area contributed by atoms with Crippen LogP contribution in [0.5, 0.6) is 5.88 Å². The lowest BCUT2D eigenvalue weighted by atomic mass is 10.1. The Kier molecular flexibility index (Phi) is 4.03. The van der Waals surface area contributed by atoms with Gasteiger partial charge in [-0.25, -0.2) is 4.98 Å². The molecular weight excluding hydrogens is 236 g/mol. The van der Waals surface area contributed by atoms with Crippen LogP contribution in [0.2, 0.25) is 0 Å². The molecule has 0 bridgehead atoms. The van der Waals surface area contributed by atoms with Gasteiger partial charge in [-0.2, -0.15) is 11.3 Å². The summed E-state index contributed by atoms with van der Waals surface area (Å²) in [5, 5.41) is 4.13. The summed E-state index contributed by atoms with van der Waals surface area (Å²) in [7, 11) is 1.58. The molecule has 2 aromatic rings. The van der Waals surface area contributed by atoms with Crippen molar-refractivity contribution in [2.45, 2.75) is 12.5 Å². The first-order chi connectivity index (χ1) is 8.35. The maximum Gasteiger partial charge on any atom is 0.237 e. The van der Waals surface area contributed by atoms with E-state index < -0.39 is 0 Å². The average Bonchev–Trinajstić information content (AvgIpc) is 2.89. The number of hydrogen-bond acceptors (Lipinski definition) is 6. The first-order valence-electron chi connectivity index (χ1n) is 5.17. The lowest BCUT2D eigenvalue weighted by molar-refractivity contribution is 0.377. The lowest BCUT2D eigenvalue weighted by Crippen LogP contribution is -2.30. The first-order valence-corrected chi connectivity index (χ1v) is 6.11. The molecule has 1 unspecified atom stereocenters. The number of hydrogen-bond donors (Lipinski definition) is 2. The maximum absolute atomic E-state index is 5.58. The minimum Gasteiger partial charge on any atom is -0.480 e. The van der Waals surface area contributed by atoms with Gasteiger partial charge in [0.05, 0.1) is 13.2 Å². The topological polar surface area (TPSA) is 73.1 Å². The highest BCUT2D eigenvalue weighted by atomic mass is 32.1. The van der Waals surface area contributed by atoms with E-state index >= 15 is 0 Å². The van der Waals surface area contributed by atoms with Crippen LogP contribution in [0.3, 0.4) is 0 Å². The number of methoxy groups -OCH3 is 1. The summed E-state index contributed by atoms with van der Waals surface area (Å²) in [6.07, 6.45) is 3.99. The number of nitrogens with one attached hydrogen (secondary N) is 1. The van der Waals surface area contributed by atoms with Crippen molar-refractivity contribution in [3.8, 4) is 5.88 Å². The quantitative estimate of drug-likeness (QED) is 0.618. The molecule has 2 rings (SSSR count). The van der Waals surface area contributed by atoms with Crippen LogP contribution in [-0.2, 0) is 6.42 Å². The van der Waals surface area contributed by atoms with E-state index in [0.29, 0.717) is 5.88 Å². The zero-order valence-electron chi connectivity index (χ0n) is 9.46. The molecule has 2 heterocycles. The number of aromatic nitrogens is 2. The largest absolute Gasteiger partial charge is 0.480 e.